The van der Waals surface area contributed by atoms with Crippen molar-refractivity contribution in [2.24, 2.45) is 5.73 Å². The normalized spacial score (nSPS) is 11.5. The van der Waals surface area contributed by atoms with Gasteiger partial charge in [-0.15, -0.1) is 0 Å². The van der Waals surface area contributed by atoms with Crippen molar-refractivity contribution in [3.8, 4) is 11.3 Å². The fourth-order valence-electron chi connectivity index (χ4n) is 3.08. The molecule has 1 amide bonds. The SMILES string of the molecule is CCc1cc2c(C(=O)OC(N)=O)c(-c3ccc(F)cc3)oc2cc1N(C)S(C)(=O)=O. The molecule has 0 unspecified atom stereocenters. The fraction of sp³-hybridized carbons (Fsp3) is 0.200. The number of rotatable bonds is 5. The van der Waals surface area contributed by atoms with Gasteiger partial charge in [0.05, 0.1) is 11.9 Å². The molecule has 1 heterocycles. The summed E-state index contributed by atoms with van der Waals surface area (Å²) in [5.74, 6) is -1.48. The van der Waals surface area contributed by atoms with Crippen LogP contribution in [0.25, 0.3) is 22.3 Å². The second kappa shape index (κ2) is 7.79. The summed E-state index contributed by atoms with van der Waals surface area (Å²) in [4.78, 5) is 23.7. The quantitative estimate of drug-likeness (QED) is 0.485. The molecule has 0 fully saturated rings. The van der Waals surface area contributed by atoms with Gasteiger partial charge in [0.15, 0.2) is 0 Å². The van der Waals surface area contributed by atoms with Crippen molar-refractivity contribution >= 4 is 38.7 Å². The third-order valence-corrected chi connectivity index (χ3v) is 5.80. The van der Waals surface area contributed by atoms with Crippen LogP contribution in [-0.4, -0.2) is 33.8 Å². The molecule has 3 aromatic rings. The minimum Gasteiger partial charge on any atom is -0.455 e. The van der Waals surface area contributed by atoms with Crippen LogP contribution in [0, 0.1) is 5.82 Å². The Bertz CT molecular complexity index is 1250. The highest BCUT2D eigenvalue weighted by molar-refractivity contribution is 7.92. The number of hydrogen-bond acceptors (Lipinski definition) is 6. The average molecular weight is 434 g/mol. The number of carbonyl (C=O) groups is 2. The Labute approximate surface area is 172 Å². The van der Waals surface area contributed by atoms with E-state index in [2.05, 4.69) is 4.74 Å². The van der Waals surface area contributed by atoms with Gasteiger partial charge in [-0.1, -0.05) is 6.92 Å². The van der Waals surface area contributed by atoms with E-state index in [-0.39, 0.29) is 16.9 Å². The maximum absolute atomic E-state index is 13.3. The van der Waals surface area contributed by atoms with Crippen LogP contribution in [0.15, 0.2) is 40.8 Å². The van der Waals surface area contributed by atoms with Crippen LogP contribution >= 0.6 is 0 Å². The van der Waals surface area contributed by atoms with Crippen molar-refractivity contribution in [3.05, 3.63) is 53.3 Å². The molecule has 10 heteroatoms. The van der Waals surface area contributed by atoms with Crippen LogP contribution < -0.4 is 10.0 Å². The molecule has 0 aliphatic rings. The number of carbonyl (C=O) groups excluding carboxylic acids is 2. The highest BCUT2D eigenvalue weighted by Gasteiger charge is 2.27. The van der Waals surface area contributed by atoms with Gasteiger partial charge in [-0.05, 0) is 42.3 Å². The van der Waals surface area contributed by atoms with E-state index in [4.69, 9.17) is 10.2 Å². The number of hydrogen-bond donors (Lipinski definition) is 1. The molecule has 0 bridgehead atoms. The van der Waals surface area contributed by atoms with Crippen molar-refractivity contribution in [1.82, 2.24) is 0 Å². The molecular weight excluding hydrogens is 415 g/mol. The van der Waals surface area contributed by atoms with Crippen LogP contribution in [0.3, 0.4) is 0 Å². The van der Waals surface area contributed by atoms with Gasteiger partial charge in [-0.25, -0.2) is 22.4 Å². The molecule has 8 nitrogen and oxygen atoms in total. The number of amides is 1. The summed E-state index contributed by atoms with van der Waals surface area (Å²) in [7, 11) is -2.15. The van der Waals surface area contributed by atoms with Gasteiger partial charge in [-0.3, -0.25) is 4.31 Å². The zero-order valence-corrected chi connectivity index (χ0v) is 17.2. The van der Waals surface area contributed by atoms with Gasteiger partial charge in [-0.2, -0.15) is 0 Å². The Balaban J connectivity index is 2.33. The Kier molecular flexibility index (Phi) is 5.53. The molecular formula is C20H19FN2O6S. The van der Waals surface area contributed by atoms with Crippen molar-refractivity contribution in [2.75, 3.05) is 17.6 Å². The Morgan fingerprint density at radius 3 is 2.37 bits per heavy atom. The topological polar surface area (TPSA) is 120 Å². The molecule has 0 spiro atoms. The van der Waals surface area contributed by atoms with Gasteiger partial charge in [0.1, 0.15) is 22.7 Å². The van der Waals surface area contributed by atoms with Crippen LogP contribution in [0.2, 0.25) is 0 Å². The smallest absolute Gasteiger partial charge is 0.412 e. The molecule has 0 aliphatic heterocycles. The number of sulfonamides is 1. The molecule has 1 aromatic heterocycles. The fourth-order valence-corrected chi connectivity index (χ4v) is 3.61. The van der Waals surface area contributed by atoms with E-state index < -0.39 is 27.9 Å². The highest BCUT2D eigenvalue weighted by atomic mass is 32.2. The largest absolute Gasteiger partial charge is 0.455 e. The minimum atomic E-state index is -3.55. The van der Waals surface area contributed by atoms with Crippen molar-refractivity contribution in [2.45, 2.75) is 13.3 Å². The van der Waals surface area contributed by atoms with E-state index in [9.17, 15) is 22.4 Å². The molecule has 2 aromatic carbocycles. The maximum atomic E-state index is 13.3. The molecule has 0 atom stereocenters. The lowest BCUT2D eigenvalue weighted by atomic mass is 10.0. The first-order chi connectivity index (χ1) is 14.0. The third kappa shape index (κ3) is 3.99. The summed E-state index contributed by atoms with van der Waals surface area (Å²) >= 11 is 0. The first-order valence-electron chi connectivity index (χ1n) is 8.83. The summed E-state index contributed by atoms with van der Waals surface area (Å²) in [6.07, 6.45) is 0.230. The van der Waals surface area contributed by atoms with Gasteiger partial charge in [0.2, 0.25) is 10.0 Å². The first kappa shape index (κ1) is 21.3. The molecule has 0 saturated carbocycles. The first-order valence-corrected chi connectivity index (χ1v) is 10.7. The Morgan fingerprint density at radius 1 is 1.20 bits per heavy atom. The van der Waals surface area contributed by atoms with E-state index in [0.717, 1.165) is 10.6 Å². The molecule has 30 heavy (non-hydrogen) atoms. The average Bonchev–Trinajstić information content (AvgIpc) is 3.04. The lowest BCUT2D eigenvalue weighted by Gasteiger charge is -2.19. The summed E-state index contributed by atoms with van der Waals surface area (Å²) in [5.41, 5.74) is 6.46. The highest BCUT2D eigenvalue weighted by Crippen LogP contribution is 2.38. The number of nitrogens with zero attached hydrogens (tertiary/aromatic N) is 1. The number of aryl methyl sites for hydroxylation is 1. The predicted octanol–water partition coefficient (Wildman–Crippen LogP) is 3.43. The third-order valence-electron chi connectivity index (χ3n) is 4.61. The number of halogens is 1. The minimum absolute atomic E-state index is 0.0393. The molecule has 0 radical (unpaired) electrons. The zero-order valence-electron chi connectivity index (χ0n) is 16.4. The number of anilines is 1. The Hall–Kier alpha value is -3.40. The monoisotopic (exact) mass is 434 g/mol. The van der Waals surface area contributed by atoms with Crippen LogP contribution in [0.1, 0.15) is 22.8 Å². The molecule has 158 valence electrons. The Morgan fingerprint density at radius 2 is 1.83 bits per heavy atom. The van der Waals surface area contributed by atoms with Crippen LogP contribution in [0.4, 0.5) is 14.9 Å². The van der Waals surface area contributed by atoms with Gasteiger partial charge in [0.25, 0.3) is 0 Å². The van der Waals surface area contributed by atoms with E-state index in [1.807, 2.05) is 6.92 Å². The van der Waals surface area contributed by atoms with Gasteiger partial charge in [0, 0.05) is 24.1 Å². The number of esters is 1. The summed E-state index contributed by atoms with van der Waals surface area (Å²) in [5, 5.41) is 0.308. The lowest BCUT2D eigenvalue weighted by Crippen LogP contribution is -2.25. The molecule has 3 rings (SSSR count). The van der Waals surface area contributed by atoms with Crippen molar-refractivity contribution in [3.63, 3.8) is 0 Å². The molecule has 0 aliphatic carbocycles. The number of primary amides is 1. The van der Waals surface area contributed by atoms with Crippen LogP contribution in [0.5, 0.6) is 0 Å². The van der Waals surface area contributed by atoms with Gasteiger partial charge < -0.3 is 14.9 Å². The van der Waals surface area contributed by atoms with E-state index >= 15 is 0 Å². The second-order valence-electron chi connectivity index (χ2n) is 6.58. The summed E-state index contributed by atoms with van der Waals surface area (Å²) in [6, 6.07) is 8.26. The molecule has 0 saturated heterocycles. The summed E-state index contributed by atoms with van der Waals surface area (Å²) < 4.78 is 48.9. The van der Waals surface area contributed by atoms with E-state index in [1.54, 1.807) is 6.07 Å². The number of benzene rings is 2. The lowest BCUT2D eigenvalue weighted by molar-refractivity contribution is 0.0640. The number of fused-ring (bicyclic) bond motifs is 1. The van der Waals surface area contributed by atoms with Crippen LogP contribution in [-0.2, 0) is 21.2 Å². The van der Waals surface area contributed by atoms with Crippen molar-refractivity contribution in [1.29, 1.82) is 0 Å². The zero-order chi connectivity index (χ0) is 22.2. The summed E-state index contributed by atoms with van der Waals surface area (Å²) in [6.45, 7) is 1.82. The number of nitrogens with two attached hydrogens (primary N) is 1. The number of furan rings is 1. The maximum Gasteiger partial charge on any atom is 0.412 e. The standard InChI is InChI=1S/C20H19FN2O6S/c1-4-11-9-14-16(10-15(11)23(2)30(3,26)27)28-18(12-5-7-13(21)8-6-12)17(14)19(24)29-20(22)25/h5-10H,4H2,1-3H3,(H2,22,25). The predicted molar refractivity (Wildman–Crippen MR) is 109 cm³/mol. The van der Waals surface area contributed by atoms with Gasteiger partial charge >= 0.3 is 12.1 Å². The van der Waals surface area contributed by atoms with Crippen molar-refractivity contribution < 1.29 is 31.6 Å². The van der Waals surface area contributed by atoms with E-state index in [0.29, 0.717) is 28.6 Å². The molecule has 2 N–H and O–H groups in total. The second-order valence-corrected chi connectivity index (χ2v) is 8.60. The van der Waals surface area contributed by atoms with E-state index in [1.165, 1.54) is 37.4 Å². The number of ether oxygens (including phenoxy) is 1.